The second-order valence-electron chi connectivity index (χ2n) is 8.73. The topological polar surface area (TPSA) is 55.6 Å². The van der Waals surface area contributed by atoms with E-state index >= 15 is 0 Å². The summed E-state index contributed by atoms with van der Waals surface area (Å²) in [6, 6.07) is 7.10. The van der Waals surface area contributed by atoms with Gasteiger partial charge in [0.1, 0.15) is 5.15 Å². The molecule has 1 aliphatic heterocycles. The monoisotopic (exact) mass is 465 g/mol. The molecular weight excluding hydrogens is 443 g/mol. The van der Waals surface area contributed by atoms with Crippen LogP contribution in [0.25, 0.3) is 5.65 Å². The van der Waals surface area contributed by atoms with Crippen LogP contribution in [0.3, 0.4) is 0 Å². The number of aryl methyl sites for hydroxylation is 1. The fraction of sp³-hybridized carbons (Fsp3) is 0.500. The van der Waals surface area contributed by atoms with E-state index in [1.165, 1.54) is 10.6 Å². The molecule has 0 radical (unpaired) electrons. The van der Waals surface area contributed by atoms with Crippen LogP contribution in [-0.4, -0.2) is 45.5 Å². The number of hydrogen-bond acceptors (Lipinski definition) is 5. The first-order valence-corrected chi connectivity index (χ1v) is 11.1. The quantitative estimate of drug-likeness (QED) is 0.510. The molecule has 6 nitrogen and oxygen atoms in total. The Morgan fingerprint density at radius 2 is 1.91 bits per heavy atom. The van der Waals surface area contributed by atoms with Crippen LogP contribution in [0.15, 0.2) is 30.5 Å². The predicted octanol–water partition coefficient (Wildman–Crippen LogP) is 4.73. The van der Waals surface area contributed by atoms with Gasteiger partial charge in [-0.25, -0.2) is 9.97 Å². The largest absolute Gasteiger partial charge is 0.468 e. The van der Waals surface area contributed by atoms with Gasteiger partial charge < -0.3 is 9.64 Å². The summed E-state index contributed by atoms with van der Waals surface area (Å²) in [7, 11) is 0. The van der Waals surface area contributed by atoms with E-state index in [0.29, 0.717) is 40.8 Å². The molecule has 0 amide bonds. The lowest BCUT2D eigenvalue weighted by Gasteiger charge is -2.39. The van der Waals surface area contributed by atoms with Gasteiger partial charge in [-0.2, -0.15) is 17.7 Å². The highest BCUT2D eigenvalue weighted by Crippen LogP contribution is 2.44. The molecule has 5 rings (SSSR count). The van der Waals surface area contributed by atoms with Crippen LogP contribution in [0, 0.1) is 24.7 Å². The second-order valence-corrected chi connectivity index (χ2v) is 9.12. The van der Waals surface area contributed by atoms with E-state index in [2.05, 4.69) is 20.0 Å². The molecule has 1 aliphatic carbocycles. The van der Waals surface area contributed by atoms with Gasteiger partial charge in [0.05, 0.1) is 0 Å². The van der Waals surface area contributed by atoms with E-state index in [4.69, 9.17) is 16.3 Å². The number of anilines is 1. The summed E-state index contributed by atoms with van der Waals surface area (Å²) in [5.74, 6) is 2.16. The van der Waals surface area contributed by atoms with Crippen molar-refractivity contribution in [3.05, 3.63) is 47.0 Å². The Morgan fingerprint density at radius 1 is 1.16 bits per heavy atom. The van der Waals surface area contributed by atoms with E-state index in [1.807, 2.05) is 19.1 Å². The van der Waals surface area contributed by atoms with Crippen molar-refractivity contribution in [2.45, 2.75) is 32.4 Å². The maximum atomic E-state index is 12.6. The lowest BCUT2D eigenvalue weighted by molar-refractivity contribution is -0.154. The average Bonchev–Trinajstić information content (AvgIpc) is 3.25. The molecule has 2 aliphatic rings. The zero-order chi connectivity index (χ0) is 22.5. The number of aromatic nitrogens is 4. The smallest absolute Gasteiger partial charge is 0.422 e. The molecule has 2 fully saturated rings. The first-order valence-electron chi connectivity index (χ1n) is 10.7. The lowest BCUT2D eigenvalue weighted by Crippen LogP contribution is -2.42. The molecule has 0 N–H and O–H groups in total. The molecule has 1 unspecified atom stereocenters. The first-order chi connectivity index (χ1) is 15.3. The SMILES string of the molecule is Cc1ccc(OCC(F)(F)F)n2nc(CC3[C@@H]4CC[C@H]3CN(c3ccnc(Cl)c3)C4)nc12. The summed E-state index contributed by atoms with van der Waals surface area (Å²) >= 11 is 6.07. The summed E-state index contributed by atoms with van der Waals surface area (Å²) in [6.45, 7) is 2.38. The van der Waals surface area contributed by atoms with Crippen molar-refractivity contribution in [1.82, 2.24) is 19.6 Å². The van der Waals surface area contributed by atoms with Gasteiger partial charge in [-0.3, -0.25) is 0 Å². The second kappa shape index (κ2) is 8.10. The fourth-order valence-corrected chi connectivity index (χ4v) is 5.30. The van der Waals surface area contributed by atoms with Gasteiger partial charge >= 0.3 is 6.18 Å². The Labute approximate surface area is 188 Å². The minimum Gasteiger partial charge on any atom is -0.468 e. The maximum Gasteiger partial charge on any atom is 0.422 e. The number of hydrogen-bond donors (Lipinski definition) is 0. The van der Waals surface area contributed by atoms with Gasteiger partial charge in [0, 0.05) is 37.5 Å². The van der Waals surface area contributed by atoms with Crippen LogP contribution in [0.1, 0.15) is 24.2 Å². The first kappa shape index (κ1) is 21.3. The van der Waals surface area contributed by atoms with E-state index < -0.39 is 12.8 Å². The Kier molecular flexibility index (Phi) is 5.39. The van der Waals surface area contributed by atoms with Crippen molar-refractivity contribution >= 4 is 22.9 Å². The molecule has 3 aromatic rings. The standard InChI is InChI=1S/C22H23ClF3N5O/c1-13-2-5-20(32-12-22(24,25)26)31-21(13)28-19(29-31)9-17-14-3-4-15(17)11-30(10-14)16-6-7-27-18(23)8-16/h2,5-8,14-15,17H,3-4,9-12H2,1H3/t14-,15+,17?. The summed E-state index contributed by atoms with van der Waals surface area (Å²) in [6.07, 6.45) is 0.327. The predicted molar refractivity (Wildman–Crippen MR) is 114 cm³/mol. The minimum atomic E-state index is -4.41. The molecule has 170 valence electrons. The molecule has 3 aromatic heterocycles. The molecule has 0 aromatic carbocycles. The average molecular weight is 466 g/mol. The van der Waals surface area contributed by atoms with Crippen LogP contribution < -0.4 is 9.64 Å². The zero-order valence-electron chi connectivity index (χ0n) is 17.5. The number of alkyl halides is 3. The maximum absolute atomic E-state index is 12.6. The molecular formula is C22H23ClF3N5O. The Bertz CT molecular complexity index is 1120. The highest BCUT2D eigenvalue weighted by molar-refractivity contribution is 6.29. The van der Waals surface area contributed by atoms with Crippen LogP contribution in [-0.2, 0) is 6.42 Å². The highest BCUT2D eigenvalue weighted by atomic mass is 35.5. The number of ether oxygens (including phenoxy) is 1. The Hall–Kier alpha value is -2.55. The molecule has 1 saturated heterocycles. The van der Waals surface area contributed by atoms with Gasteiger partial charge in [0.25, 0.3) is 0 Å². The number of nitrogens with zero attached hydrogens (tertiary/aromatic N) is 5. The lowest BCUT2D eigenvalue weighted by atomic mass is 9.82. The molecule has 32 heavy (non-hydrogen) atoms. The van der Waals surface area contributed by atoms with Gasteiger partial charge in [0.2, 0.25) is 5.88 Å². The number of fused-ring (bicyclic) bond motifs is 3. The van der Waals surface area contributed by atoms with E-state index in [9.17, 15) is 13.2 Å². The van der Waals surface area contributed by atoms with Gasteiger partial charge in [0.15, 0.2) is 18.1 Å². The van der Waals surface area contributed by atoms with E-state index in [1.54, 1.807) is 12.3 Å². The molecule has 2 bridgehead atoms. The van der Waals surface area contributed by atoms with Crippen LogP contribution in [0.5, 0.6) is 5.88 Å². The third-order valence-corrected chi connectivity index (χ3v) is 6.80. The molecule has 10 heteroatoms. The van der Waals surface area contributed by atoms with Crippen molar-refractivity contribution in [2.75, 3.05) is 24.6 Å². The molecule has 4 heterocycles. The summed E-state index contributed by atoms with van der Waals surface area (Å²) in [5, 5.41) is 5.02. The minimum absolute atomic E-state index is 0.0500. The van der Waals surface area contributed by atoms with Crippen molar-refractivity contribution in [1.29, 1.82) is 0 Å². The molecule has 1 saturated carbocycles. The van der Waals surface area contributed by atoms with Crippen molar-refractivity contribution in [3.63, 3.8) is 0 Å². The van der Waals surface area contributed by atoms with E-state index in [0.717, 1.165) is 37.2 Å². The van der Waals surface area contributed by atoms with Gasteiger partial charge in [-0.05, 0) is 55.2 Å². The molecule has 3 atom stereocenters. The Morgan fingerprint density at radius 3 is 2.59 bits per heavy atom. The van der Waals surface area contributed by atoms with Gasteiger partial charge in [-0.1, -0.05) is 17.7 Å². The normalized spacial score (nSPS) is 23.2. The van der Waals surface area contributed by atoms with Gasteiger partial charge in [-0.15, -0.1) is 5.10 Å². The number of halogens is 4. The van der Waals surface area contributed by atoms with Crippen LogP contribution >= 0.6 is 11.6 Å². The summed E-state index contributed by atoms with van der Waals surface area (Å²) in [4.78, 5) is 11.1. The number of rotatable bonds is 5. The van der Waals surface area contributed by atoms with Crippen LogP contribution in [0.2, 0.25) is 5.15 Å². The number of piperidine rings is 1. The van der Waals surface area contributed by atoms with Crippen molar-refractivity contribution in [2.24, 2.45) is 17.8 Å². The Balaban J connectivity index is 1.34. The fourth-order valence-electron chi connectivity index (χ4n) is 5.14. The van der Waals surface area contributed by atoms with E-state index in [-0.39, 0.29) is 5.88 Å². The molecule has 0 spiro atoms. The van der Waals surface area contributed by atoms with Crippen LogP contribution in [0.4, 0.5) is 18.9 Å². The van der Waals surface area contributed by atoms with Crippen molar-refractivity contribution in [3.8, 4) is 5.88 Å². The zero-order valence-corrected chi connectivity index (χ0v) is 18.3. The summed E-state index contributed by atoms with van der Waals surface area (Å²) in [5.41, 5.74) is 2.47. The number of pyridine rings is 2. The third-order valence-electron chi connectivity index (χ3n) is 6.59. The highest BCUT2D eigenvalue weighted by Gasteiger charge is 2.42. The van der Waals surface area contributed by atoms with Crippen molar-refractivity contribution < 1.29 is 17.9 Å². The summed E-state index contributed by atoms with van der Waals surface area (Å²) < 4.78 is 44.2. The third kappa shape index (κ3) is 4.22.